The quantitative estimate of drug-likeness (QED) is 0.147. The fraction of sp³-hybridized carbons (Fsp3) is 0.562. The molecule has 14 heteroatoms. The SMILES string of the molecule is Brc1ccc2nncn2c1.CC(C)(C)OC(=O)N1CCC(I)CC1.CC(C)(C)OC(=O)N1CCC(c2ccc3nncn3c2)CC1. The molecule has 4 aromatic heterocycles. The van der Waals surface area contributed by atoms with E-state index in [-0.39, 0.29) is 17.8 Å². The van der Waals surface area contributed by atoms with Crippen molar-refractivity contribution < 1.29 is 19.1 Å². The molecule has 6 heterocycles. The van der Waals surface area contributed by atoms with Crippen LogP contribution in [0.25, 0.3) is 11.3 Å². The number of carbonyl (C=O) groups is 2. The minimum Gasteiger partial charge on any atom is -0.444 e. The standard InChI is InChI=1S/C16H22N4O2.C10H18INO2.C6H4BrN3/c1-16(2,3)22-15(21)19-8-6-12(7-9-19)13-4-5-14-18-17-11-20(14)10-13;1-10(2,3)14-9(13)12-6-4-8(11)5-7-12;7-5-1-2-6-9-8-4-10(6)3-5/h4-5,10-12H,6-9H2,1-3H3;8H,4-7H2,1-3H3;1-4H. The molecular weight excluding hydrogens is 767 g/mol. The molecule has 46 heavy (non-hydrogen) atoms. The number of alkyl halides is 1. The maximum atomic E-state index is 12.1. The zero-order valence-corrected chi connectivity index (χ0v) is 31.1. The van der Waals surface area contributed by atoms with Crippen molar-refractivity contribution in [2.45, 2.75) is 88.3 Å². The van der Waals surface area contributed by atoms with Crippen molar-refractivity contribution >= 4 is 62.0 Å². The number of rotatable bonds is 1. The van der Waals surface area contributed by atoms with Gasteiger partial charge in [0.25, 0.3) is 0 Å². The predicted octanol–water partition coefficient (Wildman–Crippen LogP) is 7.16. The van der Waals surface area contributed by atoms with Crippen molar-refractivity contribution in [3.05, 3.63) is 59.3 Å². The van der Waals surface area contributed by atoms with Crippen LogP contribution in [0.2, 0.25) is 0 Å². The van der Waals surface area contributed by atoms with Crippen molar-refractivity contribution in [3.8, 4) is 0 Å². The number of aromatic nitrogens is 6. The summed E-state index contributed by atoms with van der Waals surface area (Å²) in [5, 5.41) is 15.5. The fourth-order valence-corrected chi connectivity index (χ4v) is 5.88. The highest BCUT2D eigenvalue weighted by molar-refractivity contribution is 14.1. The van der Waals surface area contributed by atoms with E-state index in [2.05, 4.69) is 71.2 Å². The van der Waals surface area contributed by atoms with E-state index in [0.29, 0.717) is 9.84 Å². The highest BCUT2D eigenvalue weighted by Gasteiger charge is 2.28. The first-order chi connectivity index (χ1) is 21.7. The zero-order valence-electron chi connectivity index (χ0n) is 27.4. The molecule has 0 aromatic carbocycles. The molecule has 12 nitrogen and oxygen atoms in total. The molecule has 0 saturated carbocycles. The normalized spacial score (nSPS) is 16.3. The molecule has 0 unspecified atom stereocenters. The van der Waals surface area contributed by atoms with Gasteiger partial charge in [-0.3, -0.25) is 8.80 Å². The van der Waals surface area contributed by atoms with E-state index in [4.69, 9.17) is 9.47 Å². The van der Waals surface area contributed by atoms with Crippen LogP contribution in [-0.2, 0) is 9.47 Å². The molecule has 2 fully saturated rings. The van der Waals surface area contributed by atoms with Gasteiger partial charge < -0.3 is 19.3 Å². The van der Waals surface area contributed by atoms with Gasteiger partial charge in [0.05, 0.1) is 0 Å². The van der Waals surface area contributed by atoms with Gasteiger partial charge in [0.1, 0.15) is 23.9 Å². The lowest BCUT2D eigenvalue weighted by Gasteiger charge is -2.33. The van der Waals surface area contributed by atoms with Crippen molar-refractivity contribution in [2.24, 2.45) is 0 Å². The Labute approximate surface area is 292 Å². The highest BCUT2D eigenvalue weighted by Crippen LogP contribution is 2.29. The topological polar surface area (TPSA) is 119 Å². The molecule has 2 amide bonds. The number of ether oxygens (including phenoxy) is 2. The Morgan fingerprint density at radius 1 is 0.739 bits per heavy atom. The number of piperidine rings is 2. The van der Waals surface area contributed by atoms with Crippen LogP contribution in [0.15, 0.2) is 53.8 Å². The Bertz CT molecular complexity index is 1580. The highest BCUT2D eigenvalue weighted by atomic mass is 127. The first kappa shape index (κ1) is 35.8. The van der Waals surface area contributed by atoms with Crippen molar-refractivity contribution in [3.63, 3.8) is 0 Å². The first-order valence-corrected chi connectivity index (χ1v) is 17.5. The largest absolute Gasteiger partial charge is 0.444 e. The molecule has 2 aliphatic rings. The van der Waals surface area contributed by atoms with E-state index in [1.165, 1.54) is 5.56 Å². The molecular formula is C32H44BrIN8O4. The van der Waals surface area contributed by atoms with Crippen LogP contribution in [0.4, 0.5) is 9.59 Å². The summed E-state index contributed by atoms with van der Waals surface area (Å²) in [5.74, 6) is 0.463. The Kier molecular flexibility index (Phi) is 12.2. The lowest BCUT2D eigenvalue weighted by Crippen LogP contribution is -2.41. The number of pyridine rings is 2. The fourth-order valence-electron chi connectivity index (χ4n) is 4.97. The van der Waals surface area contributed by atoms with Gasteiger partial charge >= 0.3 is 12.2 Å². The third kappa shape index (κ3) is 11.1. The van der Waals surface area contributed by atoms with Crippen molar-refractivity contribution in [2.75, 3.05) is 26.2 Å². The first-order valence-electron chi connectivity index (χ1n) is 15.5. The molecule has 0 aliphatic carbocycles. The van der Waals surface area contributed by atoms with Crippen LogP contribution < -0.4 is 0 Å². The lowest BCUT2D eigenvalue weighted by atomic mass is 9.90. The van der Waals surface area contributed by atoms with Gasteiger partial charge in [-0.05, 0) is 113 Å². The number of fused-ring (bicyclic) bond motifs is 2. The molecule has 0 bridgehead atoms. The predicted molar refractivity (Wildman–Crippen MR) is 188 cm³/mol. The molecule has 0 radical (unpaired) electrons. The maximum Gasteiger partial charge on any atom is 0.410 e. The van der Waals surface area contributed by atoms with Crippen LogP contribution >= 0.6 is 38.5 Å². The number of carbonyl (C=O) groups excluding carboxylic acids is 2. The third-order valence-corrected chi connectivity index (χ3v) is 8.98. The van der Waals surface area contributed by atoms with Gasteiger partial charge in [0.15, 0.2) is 11.3 Å². The van der Waals surface area contributed by atoms with Gasteiger partial charge in [0, 0.05) is 47.0 Å². The third-order valence-electron chi connectivity index (χ3n) is 7.26. The van der Waals surface area contributed by atoms with E-state index < -0.39 is 5.60 Å². The van der Waals surface area contributed by atoms with Crippen LogP contribution in [0.3, 0.4) is 0 Å². The summed E-state index contributed by atoms with van der Waals surface area (Å²) in [6.07, 6.45) is 11.1. The Balaban J connectivity index is 0.000000171. The molecule has 0 spiro atoms. The maximum absolute atomic E-state index is 12.1. The van der Waals surface area contributed by atoms with E-state index in [1.807, 2.05) is 74.7 Å². The number of hydrogen-bond acceptors (Lipinski definition) is 8. The van der Waals surface area contributed by atoms with E-state index in [9.17, 15) is 9.59 Å². The van der Waals surface area contributed by atoms with Gasteiger partial charge in [-0.15, -0.1) is 20.4 Å². The molecule has 6 rings (SSSR count). The van der Waals surface area contributed by atoms with Gasteiger partial charge in [-0.25, -0.2) is 9.59 Å². The molecule has 250 valence electrons. The van der Waals surface area contributed by atoms with E-state index >= 15 is 0 Å². The number of halogens is 2. The van der Waals surface area contributed by atoms with Gasteiger partial charge in [0.2, 0.25) is 0 Å². The second-order valence-electron chi connectivity index (χ2n) is 13.4. The van der Waals surface area contributed by atoms with Gasteiger partial charge in [-0.2, -0.15) is 0 Å². The number of likely N-dealkylation sites (tertiary alicyclic amines) is 2. The summed E-state index contributed by atoms with van der Waals surface area (Å²) in [4.78, 5) is 27.3. The van der Waals surface area contributed by atoms with E-state index in [1.54, 1.807) is 22.5 Å². The van der Waals surface area contributed by atoms with E-state index in [0.717, 1.165) is 67.6 Å². The molecule has 4 aromatic rings. The van der Waals surface area contributed by atoms with Crippen LogP contribution in [-0.4, -0.2) is 92.5 Å². The van der Waals surface area contributed by atoms with Crippen molar-refractivity contribution in [1.29, 1.82) is 0 Å². The number of hydrogen-bond donors (Lipinski definition) is 0. The molecule has 2 aliphatic heterocycles. The number of amides is 2. The molecule has 0 N–H and O–H groups in total. The van der Waals surface area contributed by atoms with Gasteiger partial charge in [-0.1, -0.05) is 28.7 Å². The van der Waals surface area contributed by atoms with Crippen LogP contribution in [0.5, 0.6) is 0 Å². The molecule has 0 atom stereocenters. The summed E-state index contributed by atoms with van der Waals surface area (Å²) in [6, 6.07) is 7.93. The minimum absolute atomic E-state index is 0.166. The second-order valence-corrected chi connectivity index (χ2v) is 16.1. The number of nitrogens with zero attached hydrogens (tertiary/aromatic N) is 8. The smallest absolute Gasteiger partial charge is 0.410 e. The van der Waals surface area contributed by atoms with Crippen molar-refractivity contribution in [1.82, 2.24) is 39.0 Å². The molecule has 2 saturated heterocycles. The Morgan fingerprint density at radius 3 is 1.70 bits per heavy atom. The average Bonchev–Trinajstić information content (AvgIpc) is 3.65. The summed E-state index contributed by atoms with van der Waals surface area (Å²) in [5.41, 5.74) is 2.18. The van der Waals surface area contributed by atoms with Crippen LogP contribution in [0.1, 0.15) is 78.7 Å². The summed E-state index contributed by atoms with van der Waals surface area (Å²) in [6.45, 7) is 14.5. The Hall–Kier alpha value is -3.01. The summed E-state index contributed by atoms with van der Waals surface area (Å²) in [7, 11) is 0. The second kappa shape index (κ2) is 15.7. The average molecular weight is 812 g/mol. The zero-order chi connectivity index (χ0) is 33.5. The monoisotopic (exact) mass is 810 g/mol. The summed E-state index contributed by atoms with van der Waals surface area (Å²) >= 11 is 5.78. The lowest BCUT2D eigenvalue weighted by molar-refractivity contribution is 0.0199. The van der Waals surface area contributed by atoms with Crippen LogP contribution in [0, 0.1) is 0 Å². The summed E-state index contributed by atoms with van der Waals surface area (Å²) < 4.78 is 16.3. The Morgan fingerprint density at radius 2 is 1.20 bits per heavy atom. The minimum atomic E-state index is -0.437.